The summed E-state index contributed by atoms with van der Waals surface area (Å²) < 4.78 is 3.73. The Morgan fingerprint density at radius 2 is 1.65 bits per heavy atom. The van der Waals surface area contributed by atoms with Gasteiger partial charge in [-0.15, -0.1) is 24.0 Å². The normalized spacial score (nSPS) is 11.1. The second kappa shape index (κ2) is 11.3. The number of benzene rings is 2. The fourth-order valence-electron chi connectivity index (χ4n) is 3.14. The predicted octanol–water partition coefficient (Wildman–Crippen LogP) is 3.58. The van der Waals surface area contributed by atoms with Crippen molar-refractivity contribution in [3.63, 3.8) is 0 Å². The van der Waals surface area contributed by atoms with E-state index in [-0.39, 0.29) is 24.0 Å². The number of aliphatic imine (C=N–C) groups is 1. The van der Waals surface area contributed by atoms with Crippen LogP contribution in [0.4, 0.5) is 0 Å². The van der Waals surface area contributed by atoms with E-state index < -0.39 is 0 Å². The second-order valence-corrected chi connectivity index (χ2v) is 6.85. The van der Waals surface area contributed by atoms with E-state index in [1.807, 2.05) is 64.4 Å². The Kier molecular flexibility index (Phi) is 8.22. The lowest BCUT2D eigenvalue weighted by Gasteiger charge is -2.11. The van der Waals surface area contributed by atoms with Crippen LogP contribution in [-0.2, 0) is 13.0 Å². The van der Waals surface area contributed by atoms with Gasteiger partial charge < -0.3 is 10.6 Å². The minimum atomic E-state index is 0. The van der Waals surface area contributed by atoms with Crippen molar-refractivity contribution in [3.8, 4) is 11.4 Å². The van der Waals surface area contributed by atoms with Gasteiger partial charge in [0, 0.05) is 44.3 Å². The Bertz CT molecular complexity index is 1070. The summed E-state index contributed by atoms with van der Waals surface area (Å²) in [5.41, 5.74) is 4.46. The van der Waals surface area contributed by atoms with Crippen LogP contribution in [0.1, 0.15) is 11.1 Å². The molecular formula is C23H26IN7. The molecule has 0 aliphatic heterocycles. The Labute approximate surface area is 199 Å². The minimum Gasteiger partial charge on any atom is -0.356 e. The van der Waals surface area contributed by atoms with E-state index in [9.17, 15) is 0 Å². The van der Waals surface area contributed by atoms with Gasteiger partial charge in [-0.1, -0.05) is 30.3 Å². The molecule has 160 valence electrons. The van der Waals surface area contributed by atoms with E-state index >= 15 is 0 Å². The standard InChI is InChI=1S/C23H25N7.HI/c1-24-23(26-16-20-17-28-30(18-20)21-6-3-2-4-7-21)25-14-12-19-8-10-22(11-9-19)29-15-5-13-27-29;/h2-11,13,15,17-18H,12,14,16H2,1H3,(H2,24,25,26);1H. The monoisotopic (exact) mass is 527 g/mol. The van der Waals surface area contributed by atoms with Crippen molar-refractivity contribution < 1.29 is 0 Å². The van der Waals surface area contributed by atoms with Crippen molar-refractivity contribution in [3.05, 3.63) is 96.6 Å². The zero-order valence-electron chi connectivity index (χ0n) is 17.3. The van der Waals surface area contributed by atoms with Gasteiger partial charge >= 0.3 is 0 Å². The summed E-state index contributed by atoms with van der Waals surface area (Å²) in [5, 5.41) is 15.4. The molecule has 4 aromatic rings. The van der Waals surface area contributed by atoms with Crippen molar-refractivity contribution >= 4 is 29.9 Å². The number of nitrogens with zero attached hydrogens (tertiary/aromatic N) is 5. The van der Waals surface area contributed by atoms with Crippen LogP contribution in [-0.4, -0.2) is 39.1 Å². The quantitative estimate of drug-likeness (QED) is 0.219. The lowest BCUT2D eigenvalue weighted by atomic mass is 10.1. The molecule has 2 aromatic heterocycles. The maximum atomic E-state index is 4.43. The molecule has 0 spiro atoms. The van der Waals surface area contributed by atoms with Crippen LogP contribution in [0.25, 0.3) is 11.4 Å². The topological polar surface area (TPSA) is 72.1 Å². The van der Waals surface area contributed by atoms with Gasteiger partial charge in [-0.2, -0.15) is 10.2 Å². The number of rotatable bonds is 7. The van der Waals surface area contributed by atoms with Gasteiger partial charge in [-0.25, -0.2) is 9.36 Å². The Morgan fingerprint density at radius 1 is 0.871 bits per heavy atom. The molecular weight excluding hydrogens is 501 g/mol. The van der Waals surface area contributed by atoms with Crippen LogP contribution in [0, 0.1) is 0 Å². The van der Waals surface area contributed by atoms with Gasteiger partial charge in [0.25, 0.3) is 0 Å². The van der Waals surface area contributed by atoms with E-state index in [0.29, 0.717) is 6.54 Å². The summed E-state index contributed by atoms with van der Waals surface area (Å²) in [4.78, 5) is 4.30. The van der Waals surface area contributed by atoms with Crippen molar-refractivity contribution in [2.24, 2.45) is 4.99 Å². The molecule has 31 heavy (non-hydrogen) atoms. The molecule has 7 nitrogen and oxygen atoms in total. The molecule has 0 fully saturated rings. The van der Waals surface area contributed by atoms with Gasteiger partial charge in [0.2, 0.25) is 0 Å². The number of para-hydroxylation sites is 1. The molecule has 0 bridgehead atoms. The third-order valence-corrected chi connectivity index (χ3v) is 4.75. The molecule has 8 heteroatoms. The van der Waals surface area contributed by atoms with E-state index in [1.165, 1.54) is 5.56 Å². The summed E-state index contributed by atoms with van der Waals surface area (Å²) in [6.07, 6.45) is 8.52. The molecule has 2 heterocycles. The van der Waals surface area contributed by atoms with E-state index in [4.69, 9.17) is 0 Å². The molecule has 0 unspecified atom stereocenters. The van der Waals surface area contributed by atoms with Crippen LogP contribution in [0.15, 0.2) is 90.4 Å². The van der Waals surface area contributed by atoms with Crippen LogP contribution >= 0.6 is 24.0 Å². The summed E-state index contributed by atoms with van der Waals surface area (Å²) in [5.74, 6) is 0.774. The number of halogens is 1. The highest BCUT2D eigenvalue weighted by molar-refractivity contribution is 14.0. The summed E-state index contributed by atoms with van der Waals surface area (Å²) in [6, 6.07) is 20.4. The highest BCUT2D eigenvalue weighted by Crippen LogP contribution is 2.09. The predicted molar refractivity (Wildman–Crippen MR) is 134 cm³/mol. The van der Waals surface area contributed by atoms with E-state index in [2.05, 4.69) is 50.1 Å². The first-order valence-electron chi connectivity index (χ1n) is 9.94. The second-order valence-electron chi connectivity index (χ2n) is 6.85. The highest BCUT2D eigenvalue weighted by Gasteiger charge is 2.03. The third-order valence-electron chi connectivity index (χ3n) is 4.75. The largest absolute Gasteiger partial charge is 0.356 e. The van der Waals surface area contributed by atoms with Gasteiger partial charge in [0.15, 0.2) is 5.96 Å². The van der Waals surface area contributed by atoms with Gasteiger partial charge in [0.05, 0.1) is 17.6 Å². The molecule has 0 saturated carbocycles. The fourth-order valence-corrected chi connectivity index (χ4v) is 3.14. The summed E-state index contributed by atoms with van der Waals surface area (Å²) in [7, 11) is 1.78. The summed E-state index contributed by atoms with van der Waals surface area (Å²) in [6.45, 7) is 1.45. The average molecular weight is 527 g/mol. The smallest absolute Gasteiger partial charge is 0.191 e. The maximum absolute atomic E-state index is 4.43. The molecule has 0 amide bonds. The van der Waals surface area contributed by atoms with Crippen LogP contribution in [0.5, 0.6) is 0 Å². The summed E-state index contributed by atoms with van der Waals surface area (Å²) >= 11 is 0. The molecule has 2 N–H and O–H groups in total. The molecule has 0 atom stereocenters. The molecule has 0 radical (unpaired) electrons. The number of hydrogen-bond donors (Lipinski definition) is 2. The first-order valence-corrected chi connectivity index (χ1v) is 9.94. The van der Waals surface area contributed by atoms with Crippen molar-refractivity contribution in [2.75, 3.05) is 13.6 Å². The molecule has 0 aliphatic rings. The van der Waals surface area contributed by atoms with Gasteiger partial charge in [-0.3, -0.25) is 4.99 Å². The maximum Gasteiger partial charge on any atom is 0.191 e. The lowest BCUT2D eigenvalue weighted by molar-refractivity contribution is 0.793. The highest BCUT2D eigenvalue weighted by atomic mass is 127. The van der Waals surface area contributed by atoms with Gasteiger partial charge in [-0.05, 0) is 42.3 Å². The Morgan fingerprint density at radius 3 is 2.35 bits per heavy atom. The van der Waals surface area contributed by atoms with Crippen LogP contribution in [0.3, 0.4) is 0 Å². The van der Waals surface area contributed by atoms with Crippen LogP contribution < -0.4 is 10.6 Å². The van der Waals surface area contributed by atoms with E-state index in [1.54, 1.807) is 13.2 Å². The van der Waals surface area contributed by atoms with Crippen LogP contribution in [0.2, 0.25) is 0 Å². The Balaban J connectivity index is 0.00000272. The minimum absolute atomic E-state index is 0. The van der Waals surface area contributed by atoms with Crippen molar-refractivity contribution in [1.29, 1.82) is 0 Å². The fraction of sp³-hybridized carbons (Fsp3) is 0.174. The number of hydrogen-bond acceptors (Lipinski definition) is 3. The average Bonchev–Trinajstić information content (AvgIpc) is 3.50. The van der Waals surface area contributed by atoms with Gasteiger partial charge in [0.1, 0.15) is 0 Å². The zero-order valence-corrected chi connectivity index (χ0v) is 19.7. The molecule has 0 saturated heterocycles. The molecule has 4 rings (SSSR count). The first-order chi connectivity index (χ1) is 14.8. The number of nitrogens with one attached hydrogen (secondary N) is 2. The molecule has 2 aromatic carbocycles. The van der Waals surface area contributed by atoms with Crippen molar-refractivity contribution in [1.82, 2.24) is 30.2 Å². The lowest BCUT2D eigenvalue weighted by Crippen LogP contribution is -2.37. The number of aromatic nitrogens is 4. The Hall–Kier alpha value is -3.14. The SMILES string of the molecule is CN=C(NCCc1ccc(-n2cccn2)cc1)NCc1cnn(-c2ccccc2)c1.I. The molecule has 0 aliphatic carbocycles. The number of guanidine groups is 1. The third kappa shape index (κ3) is 6.17. The zero-order chi connectivity index (χ0) is 20.6. The first kappa shape index (κ1) is 22.5. The van der Waals surface area contributed by atoms with Crippen molar-refractivity contribution in [2.45, 2.75) is 13.0 Å². The van der Waals surface area contributed by atoms with E-state index in [0.717, 1.165) is 35.9 Å².